The number of nitrogens with one attached hydrogen (secondary N) is 2. The predicted molar refractivity (Wildman–Crippen MR) is 138 cm³/mol. The van der Waals surface area contributed by atoms with Gasteiger partial charge in [-0.05, 0) is 31.5 Å². The van der Waals surface area contributed by atoms with Crippen LogP contribution in [0.4, 0.5) is 10.8 Å². The number of halogens is 2. The number of hydrogen-bond acceptors (Lipinski definition) is 6. The zero-order valence-corrected chi connectivity index (χ0v) is 21.7. The zero-order chi connectivity index (χ0) is 20.8. The summed E-state index contributed by atoms with van der Waals surface area (Å²) in [5, 5.41) is 10.7. The van der Waals surface area contributed by atoms with E-state index in [-0.39, 0.29) is 24.0 Å². The predicted octanol–water partition coefficient (Wildman–Crippen LogP) is 3.82. The van der Waals surface area contributed by atoms with Crippen LogP contribution in [0.25, 0.3) is 0 Å². The molecule has 10 heteroatoms. The van der Waals surface area contributed by atoms with E-state index in [2.05, 4.69) is 32.8 Å². The fourth-order valence-electron chi connectivity index (χ4n) is 3.25. The average molecular weight is 565 g/mol. The third kappa shape index (κ3) is 6.52. The molecule has 0 aliphatic carbocycles. The summed E-state index contributed by atoms with van der Waals surface area (Å²) in [6, 6.07) is 6.03. The van der Waals surface area contributed by atoms with Crippen molar-refractivity contribution in [2.75, 3.05) is 50.6 Å². The van der Waals surface area contributed by atoms with Crippen LogP contribution in [0.1, 0.15) is 19.0 Å². The maximum Gasteiger partial charge on any atom is 0.191 e. The Morgan fingerprint density at radius 3 is 2.90 bits per heavy atom. The lowest BCUT2D eigenvalue weighted by Crippen LogP contribution is -2.44. The summed E-state index contributed by atoms with van der Waals surface area (Å²) in [6.07, 6.45) is 1.02. The minimum atomic E-state index is 0. The molecule has 2 N–H and O–H groups in total. The molecule has 2 heterocycles. The Kier molecular flexibility index (Phi) is 9.76. The number of guanidine groups is 1. The monoisotopic (exact) mass is 564 g/mol. The van der Waals surface area contributed by atoms with E-state index in [9.17, 15) is 0 Å². The Bertz CT molecular complexity index is 846. The van der Waals surface area contributed by atoms with Crippen molar-refractivity contribution in [3.05, 3.63) is 34.3 Å². The molecule has 0 amide bonds. The molecule has 1 aliphatic rings. The number of thiazole rings is 1. The first kappa shape index (κ1) is 24.8. The number of methoxy groups -OCH3 is 1. The lowest BCUT2D eigenvalue weighted by atomic mass is 10.2. The van der Waals surface area contributed by atoms with Crippen LogP contribution in [0.3, 0.4) is 0 Å². The normalized spacial score (nSPS) is 16.2. The molecule has 1 aromatic carbocycles. The molecule has 1 aromatic heterocycles. The number of rotatable bonds is 7. The molecule has 1 aliphatic heterocycles. The van der Waals surface area contributed by atoms with Crippen LogP contribution >= 0.6 is 46.9 Å². The quantitative estimate of drug-likeness (QED) is 0.303. The van der Waals surface area contributed by atoms with Gasteiger partial charge in [0.15, 0.2) is 11.1 Å². The highest BCUT2D eigenvalue weighted by atomic mass is 127. The van der Waals surface area contributed by atoms with Crippen LogP contribution in [0.15, 0.2) is 28.6 Å². The molecule has 0 radical (unpaired) electrons. The Morgan fingerprint density at radius 1 is 1.43 bits per heavy atom. The highest BCUT2D eigenvalue weighted by Gasteiger charge is 2.25. The number of aliphatic imine (C=N–C) groups is 1. The van der Waals surface area contributed by atoms with Crippen LogP contribution in [-0.4, -0.2) is 57.8 Å². The summed E-state index contributed by atoms with van der Waals surface area (Å²) in [6.45, 7) is 5.24. The maximum absolute atomic E-state index is 6.20. The molecule has 166 valence electrons. The van der Waals surface area contributed by atoms with E-state index in [0.29, 0.717) is 17.6 Å². The van der Waals surface area contributed by atoms with E-state index >= 15 is 0 Å². The second-order valence-corrected chi connectivity index (χ2v) is 8.38. The van der Waals surface area contributed by atoms with Crippen LogP contribution < -0.4 is 25.2 Å². The van der Waals surface area contributed by atoms with E-state index < -0.39 is 0 Å². The van der Waals surface area contributed by atoms with Crippen molar-refractivity contribution in [3.63, 3.8) is 0 Å². The molecule has 1 unspecified atom stereocenters. The van der Waals surface area contributed by atoms with Gasteiger partial charge in [0.2, 0.25) is 0 Å². The summed E-state index contributed by atoms with van der Waals surface area (Å²) in [7, 11) is 5.69. The number of benzene rings is 1. The summed E-state index contributed by atoms with van der Waals surface area (Å²) < 4.78 is 5.51. The third-order valence-electron chi connectivity index (χ3n) is 4.68. The Hall–Kier alpha value is -1.46. The fraction of sp³-hybridized carbons (Fsp3) is 0.500. The van der Waals surface area contributed by atoms with Crippen molar-refractivity contribution in [1.29, 1.82) is 0 Å². The summed E-state index contributed by atoms with van der Waals surface area (Å²) in [5.41, 5.74) is 2.01. The van der Waals surface area contributed by atoms with Crippen LogP contribution in [-0.2, 0) is 6.54 Å². The van der Waals surface area contributed by atoms with Gasteiger partial charge < -0.3 is 25.2 Å². The summed E-state index contributed by atoms with van der Waals surface area (Å²) in [5.74, 6) is 1.66. The number of hydrogen-bond donors (Lipinski definition) is 2. The fourth-order valence-corrected chi connectivity index (χ4v) is 4.17. The molecule has 0 bridgehead atoms. The Morgan fingerprint density at radius 2 is 2.23 bits per heavy atom. The highest BCUT2D eigenvalue weighted by Crippen LogP contribution is 2.33. The minimum absolute atomic E-state index is 0. The lowest BCUT2D eigenvalue weighted by molar-refractivity contribution is 0.415. The number of aromatic nitrogens is 1. The van der Waals surface area contributed by atoms with Crippen LogP contribution in [0, 0.1) is 0 Å². The first-order valence-electron chi connectivity index (χ1n) is 9.75. The van der Waals surface area contributed by atoms with Gasteiger partial charge in [0.1, 0.15) is 5.75 Å². The topological polar surface area (TPSA) is 65.0 Å². The average Bonchev–Trinajstić information content (AvgIpc) is 3.36. The molecule has 1 saturated heterocycles. The molecule has 30 heavy (non-hydrogen) atoms. The molecule has 0 saturated carbocycles. The first-order valence-corrected chi connectivity index (χ1v) is 11.0. The molecular weight excluding hydrogens is 535 g/mol. The summed E-state index contributed by atoms with van der Waals surface area (Å²) >= 11 is 7.83. The van der Waals surface area contributed by atoms with Crippen molar-refractivity contribution in [1.82, 2.24) is 15.6 Å². The van der Waals surface area contributed by atoms with Gasteiger partial charge in [-0.15, -0.1) is 35.3 Å². The molecule has 2 aromatic rings. The van der Waals surface area contributed by atoms with Crippen LogP contribution in [0.2, 0.25) is 5.02 Å². The second kappa shape index (κ2) is 11.8. The van der Waals surface area contributed by atoms with Crippen molar-refractivity contribution >= 4 is 63.7 Å². The third-order valence-corrected chi connectivity index (χ3v) is 5.97. The Labute approximate surface area is 204 Å². The zero-order valence-electron chi connectivity index (χ0n) is 17.8. The minimum Gasteiger partial charge on any atom is -0.495 e. The maximum atomic E-state index is 6.20. The van der Waals surface area contributed by atoms with Crippen LogP contribution in [0.5, 0.6) is 5.75 Å². The van der Waals surface area contributed by atoms with Gasteiger partial charge in [-0.1, -0.05) is 11.6 Å². The summed E-state index contributed by atoms with van der Waals surface area (Å²) in [4.78, 5) is 13.6. The standard InChI is InChI=1S/C20H29ClN6OS.HI/c1-5-22-19(23-11-16-13-29-20(25-16)26(2)3)24-15-8-9-27(12-15)17-10-14(21)6-7-18(17)28-4;/h6-7,10,13,15H,5,8-9,11-12H2,1-4H3,(H2,22,23,24);1H. The van der Waals surface area contributed by atoms with Crippen molar-refractivity contribution in [2.24, 2.45) is 4.99 Å². The van der Waals surface area contributed by atoms with Gasteiger partial charge in [-0.2, -0.15) is 0 Å². The van der Waals surface area contributed by atoms with E-state index in [1.807, 2.05) is 37.2 Å². The van der Waals surface area contributed by atoms with Gasteiger partial charge in [-0.3, -0.25) is 0 Å². The van der Waals surface area contributed by atoms with Crippen molar-refractivity contribution < 1.29 is 4.74 Å². The van der Waals surface area contributed by atoms with E-state index in [4.69, 9.17) is 21.3 Å². The number of anilines is 2. The van der Waals surface area contributed by atoms with Gasteiger partial charge in [0.05, 0.1) is 25.0 Å². The Balaban J connectivity index is 0.00000320. The SMILES string of the molecule is CCNC(=NCc1csc(N(C)C)n1)NC1CCN(c2cc(Cl)ccc2OC)C1.I. The molecule has 3 rings (SSSR count). The number of nitrogens with zero attached hydrogens (tertiary/aromatic N) is 4. The molecule has 7 nitrogen and oxygen atoms in total. The second-order valence-electron chi connectivity index (χ2n) is 7.10. The lowest BCUT2D eigenvalue weighted by Gasteiger charge is -2.22. The largest absolute Gasteiger partial charge is 0.495 e. The van der Waals surface area contributed by atoms with E-state index in [1.165, 1.54) is 0 Å². The highest BCUT2D eigenvalue weighted by molar-refractivity contribution is 14.0. The van der Waals surface area contributed by atoms with E-state index in [1.54, 1.807) is 18.4 Å². The van der Waals surface area contributed by atoms with Gasteiger partial charge in [0, 0.05) is 50.2 Å². The van der Waals surface area contributed by atoms with E-state index in [0.717, 1.165) is 54.3 Å². The molecular formula is C20H30ClIN6OS. The first-order chi connectivity index (χ1) is 14.0. The molecule has 1 atom stereocenters. The van der Waals surface area contributed by atoms with Gasteiger partial charge >= 0.3 is 0 Å². The smallest absolute Gasteiger partial charge is 0.191 e. The molecule has 1 fully saturated rings. The molecule has 0 spiro atoms. The van der Waals surface area contributed by atoms with Crippen molar-refractivity contribution in [2.45, 2.75) is 25.9 Å². The van der Waals surface area contributed by atoms with Gasteiger partial charge in [-0.25, -0.2) is 9.98 Å². The van der Waals surface area contributed by atoms with Crippen molar-refractivity contribution in [3.8, 4) is 5.75 Å². The van der Waals surface area contributed by atoms with Gasteiger partial charge in [0.25, 0.3) is 0 Å². The number of ether oxygens (including phenoxy) is 1.